The zero-order chi connectivity index (χ0) is 31.2. The van der Waals surface area contributed by atoms with Crippen LogP contribution in [0.5, 0.6) is 11.5 Å². The first kappa shape index (κ1) is 33.0. The molecule has 0 heterocycles. The van der Waals surface area contributed by atoms with Gasteiger partial charge in [0, 0.05) is 29.2 Å². The van der Waals surface area contributed by atoms with Crippen LogP contribution < -0.4 is 19.1 Å². The number of aryl methyl sites for hydroxylation is 2. The third kappa shape index (κ3) is 7.67. The molecule has 0 unspecified atom stereocenters. The van der Waals surface area contributed by atoms with Gasteiger partial charge >= 0.3 is 0 Å². The molecule has 0 radical (unpaired) electrons. The Labute approximate surface area is 257 Å². The molecule has 0 bridgehead atoms. The number of likely N-dealkylation sites (N-methyl/N-ethyl adjacent to an activating group) is 1. The Morgan fingerprint density at radius 2 is 1.57 bits per heavy atom. The molecule has 1 atom stereocenters. The van der Waals surface area contributed by atoms with Crippen LogP contribution in [0.25, 0.3) is 0 Å². The summed E-state index contributed by atoms with van der Waals surface area (Å²) in [6, 6.07) is 13.4. The molecule has 9 nitrogen and oxygen atoms in total. The highest BCUT2D eigenvalue weighted by Crippen LogP contribution is 2.33. The minimum absolute atomic E-state index is 0.0514. The molecule has 0 aliphatic heterocycles. The Morgan fingerprint density at radius 3 is 2.14 bits per heavy atom. The van der Waals surface area contributed by atoms with Gasteiger partial charge in [-0.2, -0.15) is 0 Å². The summed E-state index contributed by atoms with van der Waals surface area (Å²) in [6.07, 6.45) is 0. The fraction of sp³-hybridized carbons (Fsp3) is 0.333. The predicted molar refractivity (Wildman–Crippen MR) is 165 cm³/mol. The number of ether oxygens (including phenoxy) is 2. The molecule has 0 aliphatic carbocycles. The van der Waals surface area contributed by atoms with E-state index in [4.69, 9.17) is 32.7 Å². The summed E-state index contributed by atoms with van der Waals surface area (Å²) >= 11 is 12.5. The molecule has 3 rings (SSSR count). The van der Waals surface area contributed by atoms with E-state index in [0.29, 0.717) is 33.6 Å². The molecule has 1 N–H and O–H groups in total. The number of hydrogen-bond acceptors (Lipinski definition) is 6. The molecule has 0 spiro atoms. The van der Waals surface area contributed by atoms with Crippen molar-refractivity contribution in [1.82, 2.24) is 10.2 Å². The van der Waals surface area contributed by atoms with Crippen LogP contribution in [0.3, 0.4) is 0 Å². The van der Waals surface area contributed by atoms with E-state index in [1.807, 2.05) is 19.9 Å². The van der Waals surface area contributed by atoms with Crippen molar-refractivity contribution in [3.05, 3.63) is 81.3 Å². The van der Waals surface area contributed by atoms with Crippen molar-refractivity contribution in [3.63, 3.8) is 0 Å². The zero-order valence-corrected chi connectivity index (χ0v) is 26.7. The van der Waals surface area contributed by atoms with E-state index in [1.54, 1.807) is 44.2 Å². The van der Waals surface area contributed by atoms with Gasteiger partial charge in [-0.1, -0.05) is 35.3 Å². The quantitative estimate of drug-likeness (QED) is 0.287. The standard InChI is InChI=1S/C30H35Cl2N3O6S/c1-7-33-30(37)21(4)34(17-22-8-9-23(31)15-26(22)32)29(36)18-35(24-13-19(2)12-20(3)14-24)42(38,39)25-10-11-27(40-5)28(16-25)41-6/h8-16,21H,7,17-18H2,1-6H3,(H,33,37)/t21-/m0/s1. The molecule has 3 aromatic carbocycles. The lowest BCUT2D eigenvalue weighted by atomic mass is 10.1. The van der Waals surface area contributed by atoms with Crippen molar-refractivity contribution in [2.24, 2.45) is 0 Å². The molecule has 0 fully saturated rings. The molecule has 3 aromatic rings. The van der Waals surface area contributed by atoms with E-state index in [0.717, 1.165) is 15.4 Å². The number of amides is 2. The summed E-state index contributed by atoms with van der Waals surface area (Å²) in [7, 11) is -1.46. The second kappa shape index (κ2) is 14.1. The maximum Gasteiger partial charge on any atom is 0.264 e. The van der Waals surface area contributed by atoms with E-state index < -0.39 is 34.4 Å². The monoisotopic (exact) mass is 635 g/mol. The summed E-state index contributed by atoms with van der Waals surface area (Å²) in [4.78, 5) is 28.2. The largest absolute Gasteiger partial charge is 0.493 e. The Bertz CT molecular complexity index is 1540. The Kier molecular flexibility index (Phi) is 11.1. The summed E-state index contributed by atoms with van der Waals surface area (Å²) in [5.41, 5.74) is 2.47. The van der Waals surface area contributed by atoms with Gasteiger partial charge in [-0.05, 0) is 80.8 Å². The number of anilines is 1. The van der Waals surface area contributed by atoms with Crippen molar-refractivity contribution in [3.8, 4) is 11.5 Å². The summed E-state index contributed by atoms with van der Waals surface area (Å²) < 4.78 is 40.0. The van der Waals surface area contributed by atoms with Crippen LogP contribution in [-0.4, -0.2) is 58.5 Å². The molecule has 0 saturated heterocycles. The lowest BCUT2D eigenvalue weighted by Gasteiger charge is -2.32. The lowest BCUT2D eigenvalue weighted by Crippen LogP contribution is -2.51. The van der Waals surface area contributed by atoms with Gasteiger partial charge in [0.05, 0.1) is 24.8 Å². The first-order valence-corrected chi connectivity index (χ1v) is 15.4. The Hall–Kier alpha value is -3.47. The summed E-state index contributed by atoms with van der Waals surface area (Å²) in [5, 5.41) is 3.45. The van der Waals surface area contributed by atoms with E-state index in [1.165, 1.54) is 37.3 Å². The van der Waals surface area contributed by atoms with Crippen LogP contribution in [0.1, 0.15) is 30.5 Å². The highest BCUT2D eigenvalue weighted by atomic mass is 35.5. The topological polar surface area (TPSA) is 105 Å². The highest BCUT2D eigenvalue weighted by Gasteiger charge is 2.33. The molecular formula is C30H35Cl2N3O6S. The van der Waals surface area contributed by atoms with E-state index in [-0.39, 0.29) is 17.2 Å². The second-order valence-corrected chi connectivity index (χ2v) is 12.4. The van der Waals surface area contributed by atoms with Gasteiger partial charge in [0.1, 0.15) is 12.6 Å². The number of sulfonamides is 1. The first-order chi connectivity index (χ1) is 19.8. The number of benzene rings is 3. The van der Waals surface area contributed by atoms with E-state index in [2.05, 4.69) is 5.32 Å². The van der Waals surface area contributed by atoms with Gasteiger partial charge < -0.3 is 19.7 Å². The predicted octanol–water partition coefficient (Wildman–Crippen LogP) is 5.38. The van der Waals surface area contributed by atoms with Crippen molar-refractivity contribution in [1.29, 1.82) is 0 Å². The average molecular weight is 637 g/mol. The molecule has 0 aliphatic rings. The SMILES string of the molecule is CCNC(=O)[C@H](C)N(Cc1ccc(Cl)cc1Cl)C(=O)CN(c1cc(C)cc(C)c1)S(=O)(=O)c1ccc(OC)c(OC)c1. The number of carbonyl (C=O) groups is 2. The first-order valence-electron chi connectivity index (χ1n) is 13.2. The smallest absolute Gasteiger partial charge is 0.264 e. The summed E-state index contributed by atoms with van der Waals surface area (Å²) in [5.74, 6) is -0.430. The Morgan fingerprint density at radius 1 is 0.929 bits per heavy atom. The number of rotatable bonds is 12. The van der Waals surface area contributed by atoms with E-state index >= 15 is 0 Å². The molecule has 42 heavy (non-hydrogen) atoms. The van der Waals surface area contributed by atoms with Crippen LogP contribution in [-0.2, 0) is 26.2 Å². The minimum Gasteiger partial charge on any atom is -0.493 e. The zero-order valence-electron chi connectivity index (χ0n) is 24.4. The van der Waals surface area contributed by atoms with Crippen molar-refractivity contribution < 1.29 is 27.5 Å². The maximum atomic E-state index is 14.2. The fourth-order valence-electron chi connectivity index (χ4n) is 4.47. The number of nitrogens with zero attached hydrogens (tertiary/aromatic N) is 2. The number of hydrogen-bond donors (Lipinski definition) is 1. The van der Waals surface area contributed by atoms with Gasteiger partial charge in [0.25, 0.3) is 10.0 Å². The number of methoxy groups -OCH3 is 2. The van der Waals surface area contributed by atoms with Gasteiger partial charge in [0.2, 0.25) is 11.8 Å². The lowest BCUT2D eigenvalue weighted by molar-refractivity contribution is -0.139. The maximum absolute atomic E-state index is 14.2. The number of nitrogens with one attached hydrogen (secondary N) is 1. The molecule has 226 valence electrons. The molecular weight excluding hydrogens is 601 g/mol. The second-order valence-electron chi connectivity index (χ2n) is 9.70. The number of halogens is 2. The van der Waals surface area contributed by atoms with Crippen molar-refractivity contribution >= 4 is 50.7 Å². The van der Waals surface area contributed by atoms with Crippen LogP contribution >= 0.6 is 23.2 Å². The molecule has 0 aromatic heterocycles. The minimum atomic E-state index is -4.31. The molecule has 2 amide bonds. The number of carbonyl (C=O) groups excluding carboxylic acids is 2. The van der Waals surface area contributed by atoms with Crippen LogP contribution in [0.2, 0.25) is 10.0 Å². The third-order valence-corrected chi connectivity index (χ3v) is 8.95. The third-order valence-electron chi connectivity index (χ3n) is 6.59. The van der Waals surface area contributed by atoms with Crippen LogP contribution in [0.15, 0.2) is 59.5 Å². The summed E-state index contributed by atoms with van der Waals surface area (Å²) in [6.45, 7) is 6.74. The Balaban J connectivity index is 2.13. The van der Waals surface area contributed by atoms with E-state index in [9.17, 15) is 18.0 Å². The van der Waals surface area contributed by atoms with Gasteiger partial charge in [-0.25, -0.2) is 8.42 Å². The van der Waals surface area contributed by atoms with Gasteiger partial charge in [0.15, 0.2) is 11.5 Å². The fourth-order valence-corrected chi connectivity index (χ4v) is 6.35. The van der Waals surface area contributed by atoms with Crippen LogP contribution in [0.4, 0.5) is 5.69 Å². The highest BCUT2D eigenvalue weighted by molar-refractivity contribution is 7.92. The van der Waals surface area contributed by atoms with Crippen LogP contribution in [0, 0.1) is 13.8 Å². The molecule has 12 heteroatoms. The van der Waals surface area contributed by atoms with Crippen molar-refractivity contribution in [2.75, 3.05) is 31.6 Å². The molecule has 0 saturated carbocycles. The average Bonchev–Trinajstić information content (AvgIpc) is 2.94. The van der Waals surface area contributed by atoms with Gasteiger partial charge in [-0.15, -0.1) is 0 Å². The van der Waals surface area contributed by atoms with Gasteiger partial charge in [-0.3, -0.25) is 13.9 Å². The normalized spacial score (nSPS) is 11.9. The van der Waals surface area contributed by atoms with Crippen molar-refractivity contribution in [2.45, 2.75) is 45.2 Å².